The SMILES string of the molecule is C=CCC(O)c1csnn1. The summed E-state index contributed by atoms with van der Waals surface area (Å²) in [6.07, 6.45) is 1.66. The highest BCUT2D eigenvalue weighted by atomic mass is 32.1. The van der Waals surface area contributed by atoms with Crippen LogP contribution in [0.2, 0.25) is 0 Å². The number of aliphatic hydroxyl groups is 1. The van der Waals surface area contributed by atoms with Crippen LogP contribution in [0.5, 0.6) is 0 Å². The van der Waals surface area contributed by atoms with Crippen molar-refractivity contribution in [2.75, 3.05) is 0 Å². The fraction of sp³-hybridized carbons (Fsp3) is 0.333. The van der Waals surface area contributed by atoms with Crippen molar-refractivity contribution in [3.63, 3.8) is 0 Å². The van der Waals surface area contributed by atoms with Gasteiger partial charge in [-0.05, 0) is 18.0 Å². The zero-order chi connectivity index (χ0) is 7.40. The lowest BCUT2D eigenvalue weighted by Crippen LogP contribution is -1.95. The molecule has 0 saturated heterocycles. The maximum Gasteiger partial charge on any atom is 0.104 e. The standard InChI is InChI=1S/C6H8N2OS/c1-2-3-6(9)5-4-10-8-7-5/h2,4,6,9H,1,3H2. The van der Waals surface area contributed by atoms with E-state index in [1.54, 1.807) is 11.5 Å². The molecule has 1 heterocycles. The maximum absolute atomic E-state index is 9.24. The molecule has 0 aliphatic carbocycles. The van der Waals surface area contributed by atoms with Crippen LogP contribution < -0.4 is 0 Å². The zero-order valence-corrected chi connectivity index (χ0v) is 6.21. The van der Waals surface area contributed by atoms with Crippen LogP contribution in [0.4, 0.5) is 0 Å². The van der Waals surface area contributed by atoms with Gasteiger partial charge < -0.3 is 5.11 Å². The Morgan fingerprint density at radius 1 is 1.90 bits per heavy atom. The Morgan fingerprint density at radius 2 is 2.70 bits per heavy atom. The van der Waals surface area contributed by atoms with Gasteiger partial charge in [0.1, 0.15) is 11.8 Å². The van der Waals surface area contributed by atoms with E-state index in [1.807, 2.05) is 0 Å². The average Bonchev–Trinajstić information content (AvgIpc) is 2.38. The van der Waals surface area contributed by atoms with Crippen molar-refractivity contribution in [1.82, 2.24) is 9.59 Å². The molecule has 1 atom stereocenters. The summed E-state index contributed by atoms with van der Waals surface area (Å²) in [5.41, 5.74) is 0.630. The van der Waals surface area contributed by atoms with Gasteiger partial charge in [0, 0.05) is 5.38 Å². The van der Waals surface area contributed by atoms with Gasteiger partial charge in [-0.25, -0.2) is 0 Å². The van der Waals surface area contributed by atoms with E-state index in [-0.39, 0.29) is 0 Å². The molecule has 10 heavy (non-hydrogen) atoms. The highest BCUT2D eigenvalue weighted by Crippen LogP contribution is 2.14. The molecule has 0 spiro atoms. The van der Waals surface area contributed by atoms with Crippen LogP contribution in [0.1, 0.15) is 18.2 Å². The topological polar surface area (TPSA) is 46.0 Å². The van der Waals surface area contributed by atoms with Gasteiger partial charge in [-0.2, -0.15) is 0 Å². The van der Waals surface area contributed by atoms with Crippen LogP contribution in [-0.4, -0.2) is 14.7 Å². The molecule has 1 unspecified atom stereocenters. The molecule has 1 rings (SSSR count). The first-order valence-corrected chi connectivity index (χ1v) is 3.74. The fourth-order valence-corrected chi connectivity index (χ4v) is 1.10. The van der Waals surface area contributed by atoms with Crippen molar-refractivity contribution in [2.24, 2.45) is 0 Å². The Bertz CT molecular complexity index is 198. The van der Waals surface area contributed by atoms with Crippen molar-refractivity contribution in [3.05, 3.63) is 23.7 Å². The molecule has 4 heteroatoms. The minimum absolute atomic E-state index is 0.531. The first-order chi connectivity index (χ1) is 4.84. The van der Waals surface area contributed by atoms with Gasteiger partial charge in [-0.3, -0.25) is 0 Å². The van der Waals surface area contributed by atoms with Crippen LogP contribution in [0.15, 0.2) is 18.0 Å². The third kappa shape index (κ3) is 1.62. The summed E-state index contributed by atoms with van der Waals surface area (Å²) in [7, 11) is 0. The van der Waals surface area contributed by atoms with Crippen LogP contribution in [0.25, 0.3) is 0 Å². The minimum Gasteiger partial charge on any atom is -0.386 e. The normalized spacial score (nSPS) is 12.9. The van der Waals surface area contributed by atoms with E-state index in [9.17, 15) is 5.11 Å². The molecular formula is C6H8N2OS. The monoisotopic (exact) mass is 156 g/mol. The lowest BCUT2D eigenvalue weighted by atomic mass is 10.2. The summed E-state index contributed by atoms with van der Waals surface area (Å²) in [5, 5.41) is 14.7. The molecule has 0 aromatic carbocycles. The molecule has 1 aromatic rings. The molecule has 0 radical (unpaired) electrons. The van der Waals surface area contributed by atoms with Crippen molar-refractivity contribution in [2.45, 2.75) is 12.5 Å². The van der Waals surface area contributed by atoms with E-state index in [4.69, 9.17) is 0 Å². The summed E-state index contributed by atoms with van der Waals surface area (Å²) >= 11 is 1.24. The molecule has 0 bridgehead atoms. The molecule has 3 nitrogen and oxygen atoms in total. The third-order valence-corrected chi connectivity index (χ3v) is 1.63. The smallest absolute Gasteiger partial charge is 0.104 e. The van der Waals surface area contributed by atoms with Crippen molar-refractivity contribution >= 4 is 11.5 Å². The van der Waals surface area contributed by atoms with E-state index < -0.39 is 6.10 Å². The quantitative estimate of drug-likeness (QED) is 0.668. The number of hydrogen-bond donors (Lipinski definition) is 1. The first-order valence-electron chi connectivity index (χ1n) is 2.90. The molecule has 0 saturated carbocycles. The third-order valence-electron chi connectivity index (χ3n) is 1.11. The molecular weight excluding hydrogens is 148 g/mol. The highest BCUT2D eigenvalue weighted by Gasteiger charge is 2.06. The van der Waals surface area contributed by atoms with E-state index in [1.165, 1.54) is 11.5 Å². The van der Waals surface area contributed by atoms with Gasteiger partial charge in [0.25, 0.3) is 0 Å². The average molecular weight is 156 g/mol. The van der Waals surface area contributed by atoms with Gasteiger partial charge in [0.05, 0.1) is 0 Å². The van der Waals surface area contributed by atoms with Crippen LogP contribution in [-0.2, 0) is 0 Å². The predicted octanol–water partition coefficient (Wildman–Crippen LogP) is 1.15. The number of aliphatic hydroxyl groups excluding tert-OH is 1. The molecule has 1 aromatic heterocycles. The van der Waals surface area contributed by atoms with Crippen LogP contribution in [0.3, 0.4) is 0 Å². The summed E-state index contributed by atoms with van der Waals surface area (Å²) in [5.74, 6) is 0. The zero-order valence-electron chi connectivity index (χ0n) is 5.40. The number of hydrogen-bond acceptors (Lipinski definition) is 4. The number of rotatable bonds is 3. The van der Waals surface area contributed by atoms with Gasteiger partial charge in [0.15, 0.2) is 0 Å². The Labute approximate surface area is 63.2 Å². The van der Waals surface area contributed by atoms with Gasteiger partial charge in [-0.15, -0.1) is 11.7 Å². The van der Waals surface area contributed by atoms with Crippen LogP contribution >= 0.6 is 11.5 Å². The summed E-state index contributed by atoms with van der Waals surface area (Å²) in [6.45, 7) is 3.51. The lowest BCUT2D eigenvalue weighted by molar-refractivity contribution is 0.176. The summed E-state index contributed by atoms with van der Waals surface area (Å²) in [4.78, 5) is 0. The second kappa shape index (κ2) is 3.43. The second-order valence-corrected chi connectivity index (χ2v) is 2.48. The number of aromatic nitrogens is 2. The van der Waals surface area contributed by atoms with Gasteiger partial charge in [-0.1, -0.05) is 10.6 Å². The Kier molecular flexibility index (Phi) is 2.53. The van der Waals surface area contributed by atoms with Gasteiger partial charge >= 0.3 is 0 Å². The molecule has 0 fully saturated rings. The maximum atomic E-state index is 9.24. The molecule has 0 aliphatic heterocycles. The summed E-state index contributed by atoms with van der Waals surface area (Å²) in [6, 6.07) is 0. The van der Waals surface area contributed by atoms with E-state index in [0.29, 0.717) is 12.1 Å². The van der Waals surface area contributed by atoms with Crippen molar-refractivity contribution < 1.29 is 5.11 Å². The molecule has 1 N–H and O–H groups in total. The number of nitrogens with zero attached hydrogens (tertiary/aromatic N) is 2. The minimum atomic E-state index is -0.531. The lowest BCUT2D eigenvalue weighted by Gasteiger charge is -2.00. The Morgan fingerprint density at radius 3 is 3.20 bits per heavy atom. The predicted molar refractivity (Wildman–Crippen MR) is 39.7 cm³/mol. The van der Waals surface area contributed by atoms with Crippen molar-refractivity contribution in [3.8, 4) is 0 Å². The largest absolute Gasteiger partial charge is 0.386 e. The Hall–Kier alpha value is -0.740. The highest BCUT2D eigenvalue weighted by molar-refractivity contribution is 7.03. The molecule has 54 valence electrons. The van der Waals surface area contributed by atoms with Gasteiger partial charge in [0.2, 0.25) is 0 Å². The summed E-state index contributed by atoms with van der Waals surface area (Å²) < 4.78 is 3.62. The van der Waals surface area contributed by atoms with Crippen LogP contribution in [0, 0.1) is 0 Å². The Balaban J connectivity index is 2.58. The van der Waals surface area contributed by atoms with E-state index in [0.717, 1.165) is 0 Å². The molecule has 0 aliphatic rings. The van der Waals surface area contributed by atoms with E-state index >= 15 is 0 Å². The molecule has 0 amide bonds. The van der Waals surface area contributed by atoms with Crippen molar-refractivity contribution in [1.29, 1.82) is 0 Å². The first kappa shape index (κ1) is 7.37. The second-order valence-electron chi connectivity index (χ2n) is 1.87. The van der Waals surface area contributed by atoms with E-state index in [2.05, 4.69) is 16.2 Å². The fourth-order valence-electron chi connectivity index (χ4n) is 0.596.